The normalized spacial score (nSPS) is 11.3. The molecule has 1 aromatic heterocycles. The number of hydrogen-bond acceptors (Lipinski definition) is 5. The Balaban J connectivity index is 2.47. The zero-order valence-electron chi connectivity index (χ0n) is 10.3. The molecule has 1 aromatic rings. The van der Waals surface area contributed by atoms with Gasteiger partial charge in [0.25, 0.3) is 0 Å². The lowest BCUT2D eigenvalue weighted by Crippen LogP contribution is -2.37. The number of nitrogens with zero attached hydrogens (tertiary/aromatic N) is 3. The van der Waals surface area contributed by atoms with E-state index >= 15 is 0 Å². The molecule has 8 heteroatoms. The van der Waals surface area contributed by atoms with E-state index in [2.05, 4.69) is 10.4 Å². The van der Waals surface area contributed by atoms with Gasteiger partial charge >= 0.3 is 5.69 Å². The molecule has 0 spiro atoms. The van der Waals surface area contributed by atoms with Crippen LogP contribution in [0.2, 0.25) is 0 Å². The quantitative estimate of drug-likeness (QED) is 0.546. The maximum atomic E-state index is 11.5. The second-order valence-electron chi connectivity index (χ2n) is 4.75. The second kappa shape index (κ2) is 5.58. The van der Waals surface area contributed by atoms with Gasteiger partial charge in [0, 0.05) is 18.6 Å². The number of nitro groups is 1. The van der Waals surface area contributed by atoms with Crippen LogP contribution in [0.4, 0.5) is 5.69 Å². The van der Waals surface area contributed by atoms with Crippen LogP contribution < -0.4 is 5.32 Å². The number of aliphatic hydroxyl groups excluding tert-OH is 1. The molecule has 0 saturated carbocycles. The van der Waals surface area contributed by atoms with Crippen molar-refractivity contribution < 1.29 is 14.8 Å². The maximum absolute atomic E-state index is 11.5. The molecule has 100 valence electrons. The first-order chi connectivity index (χ1) is 8.34. The summed E-state index contributed by atoms with van der Waals surface area (Å²) < 4.78 is 1.19. The van der Waals surface area contributed by atoms with Crippen molar-refractivity contribution in [3.8, 4) is 0 Å². The van der Waals surface area contributed by atoms with Crippen molar-refractivity contribution in [1.82, 2.24) is 15.1 Å². The number of amides is 1. The highest BCUT2D eigenvalue weighted by molar-refractivity contribution is 5.75. The zero-order chi connectivity index (χ0) is 13.8. The molecule has 1 heterocycles. The Morgan fingerprint density at radius 1 is 1.67 bits per heavy atom. The zero-order valence-corrected chi connectivity index (χ0v) is 10.3. The van der Waals surface area contributed by atoms with E-state index in [4.69, 9.17) is 5.11 Å². The van der Waals surface area contributed by atoms with Crippen LogP contribution in [0.1, 0.15) is 13.8 Å². The fourth-order valence-electron chi connectivity index (χ4n) is 1.13. The summed E-state index contributed by atoms with van der Waals surface area (Å²) in [5.41, 5.74) is -0.551. The van der Waals surface area contributed by atoms with Crippen LogP contribution >= 0.6 is 0 Å². The molecule has 1 amide bonds. The summed E-state index contributed by atoms with van der Waals surface area (Å²) in [4.78, 5) is 21.4. The van der Waals surface area contributed by atoms with Crippen LogP contribution in [0.15, 0.2) is 12.4 Å². The van der Waals surface area contributed by atoms with Gasteiger partial charge in [0.15, 0.2) is 0 Å². The molecule has 0 aliphatic heterocycles. The first kappa shape index (κ1) is 14.1. The smallest absolute Gasteiger partial charge is 0.307 e. The fourth-order valence-corrected chi connectivity index (χ4v) is 1.13. The molecule has 0 radical (unpaired) electrons. The van der Waals surface area contributed by atoms with Crippen LogP contribution in [-0.2, 0) is 11.3 Å². The lowest BCUT2D eigenvalue weighted by Gasteiger charge is -2.21. The monoisotopic (exact) mass is 256 g/mol. The molecule has 0 aromatic carbocycles. The molecule has 0 unspecified atom stereocenters. The molecule has 0 bridgehead atoms. The molecular weight excluding hydrogens is 240 g/mol. The van der Waals surface area contributed by atoms with Crippen LogP contribution in [0, 0.1) is 15.5 Å². The number of rotatable bonds is 6. The average molecular weight is 256 g/mol. The number of aromatic nitrogens is 2. The van der Waals surface area contributed by atoms with Crippen molar-refractivity contribution in [2.75, 3.05) is 13.2 Å². The Labute approximate surface area is 104 Å². The van der Waals surface area contributed by atoms with Crippen molar-refractivity contribution >= 4 is 11.6 Å². The predicted octanol–water partition coefficient (Wildman–Crippen LogP) is -0.0740. The summed E-state index contributed by atoms with van der Waals surface area (Å²) in [5.74, 6) is -0.311. The van der Waals surface area contributed by atoms with Gasteiger partial charge in [-0.15, -0.1) is 0 Å². The van der Waals surface area contributed by atoms with E-state index in [0.717, 1.165) is 6.20 Å². The van der Waals surface area contributed by atoms with E-state index in [1.807, 2.05) is 13.8 Å². The number of nitrogens with one attached hydrogen (secondary N) is 1. The Morgan fingerprint density at radius 2 is 2.33 bits per heavy atom. The standard InChI is InChI=1S/C10H16N4O4/c1-10(2,7-15)6-11-9(16)5-13-4-8(3-12-13)14(17)18/h3-4,15H,5-7H2,1-2H3,(H,11,16). The van der Waals surface area contributed by atoms with Crippen LogP contribution in [0.5, 0.6) is 0 Å². The largest absolute Gasteiger partial charge is 0.396 e. The topological polar surface area (TPSA) is 110 Å². The second-order valence-corrected chi connectivity index (χ2v) is 4.75. The predicted molar refractivity (Wildman–Crippen MR) is 62.8 cm³/mol. The molecule has 1 rings (SSSR count). The number of carbonyl (C=O) groups excluding carboxylic acids is 1. The third-order valence-electron chi connectivity index (χ3n) is 2.33. The van der Waals surface area contributed by atoms with Crippen molar-refractivity contribution in [1.29, 1.82) is 0 Å². The maximum Gasteiger partial charge on any atom is 0.307 e. The summed E-state index contributed by atoms with van der Waals surface area (Å²) in [7, 11) is 0. The van der Waals surface area contributed by atoms with Crippen LogP contribution in [0.25, 0.3) is 0 Å². The molecular formula is C10H16N4O4. The van der Waals surface area contributed by atoms with Crippen molar-refractivity contribution in [3.05, 3.63) is 22.5 Å². The van der Waals surface area contributed by atoms with Gasteiger partial charge < -0.3 is 10.4 Å². The first-order valence-corrected chi connectivity index (χ1v) is 5.38. The van der Waals surface area contributed by atoms with Gasteiger partial charge in [0.1, 0.15) is 18.9 Å². The summed E-state index contributed by atoms with van der Waals surface area (Å²) in [6, 6.07) is 0. The van der Waals surface area contributed by atoms with E-state index in [1.54, 1.807) is 0 Å². The summed E-state index contributed by atoms with van der Waals surface area (Å²) in [5, 5.41) is 25.8. The average Bonchev–Trinajstić information content (AvgIpc) is 2.75. The lowest BCUT2D eigenvalue weighted by atomic mass is 9.95. The summed E-state index contributed by atoms with van der Waals surface area (Å²) >= 11 is 0. The third-order valence-corrected chi connectivity index (χ3v) is 2.33. The third kappa shape index (κ3) is 4.13. The van der Waals surface area contributed by atoms with Gasteiger partial charge in [-0.25, -0.2) is 0 Å². The van der Waals surface area contributed by atoms with Gasteiger partial charge in [-0.05, 0) is 0 Å². The lowest BCUT2D eigenvalue weighted by molar-refractivity contribution is -0.385. The molecule has 0 saturated heterocycles. The number of aliphatic hydroxyl groups is 1. The van der Waals surface area contributed by atoms with Crippen LogP contribution in [-0.4, -0.2) is 38.9 Å². The Hall–Kier alpha value is -1.96. The molecule has 18 heavy (non-hydrogen) atoms. The molecule has 0 aliphatic rings. The highest BCUT2D eigenvalue weighted by Crippen LogP contribution is 2.11. The van der Waals surface area contributed by atoms with E-state index < -0.39 is 10.3 Å². The van der Waals surface area contributed by atoms with E-state index in [0.29, 0.717) is 6.54 Å². The van der Waals surface area contributed by atoms with Gasteiger partial charge in [-0.1, -0.05) is 13.8 Å². The molecule has 8 nitrogen and oxygen atoms in total. The highest BCUT2D eigenvalue weighted by atomic mass is 16.6. The molecule has 0 fully saturated rings. The number of carbonyl (C=O) groups is 1. The minimum atomic E-state index is -0.573. The molecule has 0 aliphatic carbocycles. The van der Waals surface area contributed by atoms with Gasteiger partial charge in [0.05, 0.1) is 4.92 Å². The highest BCUT2D eigenvalue weighted by Gasteiger charge is 2.18. The first-order valence-electron chi connectivity index (χ1n) is 5.38. The van der Waals surface area contributed by atoms with Gasteiger partial charge in [-0.2, -0.15) is 5.10 Å². The fraction of sp³-hybridized carbons (Fsp3) is 0.600. The number of hydrogen-bond donors (Lipinski definition) is 2. The SMILES string of the molecule is CC(C)(CO)CNC(=O)Cn1cc([N+](=O)[O-])cn1. The van der Waals surface area contributed by atoms with E-state index in [-0.39, 0.29) is 24.7 Å². The van der Waals surface area contributed by atoms with E-state index in [9.17, 15) is 14.9 Å². The van der Waals surface area contributed by atoms with Crippen molar-refractivity contribution in [2.45, 2.75) is 20.4 Å². The minimum Gasteiger partial charge on any atom is -0.396 e. The molecule has 0 atom stereocenters. The Kier molecular flexibility index (Phi) is 4.38. The van der Waals surface area contributed by atoms with E-state index in [1.165, 1.54) is 10.9 Å². The van der Waals surface area contributed by atoms with Gasteiger partial charge in [0.2, 0.25) is 5.91 Å². The molecule has 2 N–H and O–H groups in total. The van der Waals surface area contributed by atoms with Crippen molar-refractivity contribution in [2.24, 2.45) is 5.41 Å². The van der Waals surface area contributed by atoms with Gasteiger partial charge in [-0.3, -0.25) is 19.6 Å². The summed E-state index contributed by atoms with van der Waals surface area (Å²) in [6.07, 6.45) is 2.28. The Bertz CT molecular complexity index is 441. The minimum absolute atomic E-state index is 0.0411. The van der Waals surface area contributed by atoms with Crippen molar-refractivity contribution in [3.63, 3.8) is 0 Å². The Morgan fingerprint density at radius 3 is 2.83 bits per heavy atom. The van der Waals surface area contributed by atoms with Crippen LogP contribution in [0.3, 0.4) is 0 Å². The summed E-state index contributed by atoms with van der Waals surface area (Å²) in [6.45, 7) is 3.82.